The van der Waals surface area contributed by atoms with E-state index in [4.69, 9.17) is 11.6 Å². The van der Waals surface area contributed by atoms with Gasteiger partial charge in [-0.15, -0.1) is 0 Å². The van der Waals surface area contributed by atoms with Gasteiger partial charge < -0.3 is 5.32 Å². The van der Waals surface area contributed by atoms with Crippen LogP contribution in [0, 0.1) is 0 Å². The molecule has 5 heteroatoms. The fourth-order valence-corrected chi connectivity index (χ4v) is 1.66. The zero-order chi connectivity index (χ0) is 12.3. The second-order valence-corrected chi connectivity index (χ2v) is 4.01. The number of aromatic nitrogens is 2. The highest BCUT2D eigenvalue weighted by molar-refractivity contribution is 6.31. The molecule has 1 aromatic carbocycles. The maximum absolute atomic E-state index is 11.4. The number of benzene rings is 1. The van der Waals surface area contributed by atoms with E-state index in [0.29, 0.717) is 17.4 Å². The smallest absolute Gasteiger partial charge is 0.268 e. The van der Waals surface area contributed by atoms with Gasteiger partial charge in [-0.05, 0) is 5.56 Å². The number of rotatable bonds is 3. The lowest BCUT2D eigenvalue weighted by atomic mass is 10.2. The molecule has 0 saturated heterocycles. The highest BCUT2D eigenvalue weighted by atomic mass is 35.5. The van der Waals surface area contributed by atoms with Crippen molar-refractivity contribution in [3.63, 3.8) is 0 Å². The number of aryl methyl sites for hydroxylation is 1. The Morgan fingerprint density at radius 3 is 2.76 bits per heavy atom. The maximum atomic E-state index is 11.4. The summed E-state index contributed by atoms with van der Waals surface area (Å²) < 4.78 is 1.20. The monoisotopic (exact) mass is 249 g/mol. The zero-order valence-electron chi connectivity index (χ0n) is 9.35. The molecule has 0 atom stereocenters. The summed E-state index contributed by atoms with van der Waals surface area (Å²) in [5.41, 5.74) is 1.48. The molecule has 0 fully saturated rings. The molecule has 1 N–H and O–H groups in total. The summed E-state index contributed by atoms with van der Waals surface area (Å²) in [4.78, 5) is 11.4. The largest absolute Gasteiger partial charge is 0.378 e. The van der Waals surface area contributed by atoms with Crippen molar-refractivity contribution in [2.24, 2.45) is 7.05 Å². The van der Waals surface area contributed by atoms with E-state index in [-0.39, 0.29) is 5.56 Å². The zero-order valence-corrected chi connectivity index (χ0v) is 10.1. The Morgan fingerprint density at radius 2 is 2.06 bits per heavy atom. The van der Waals surface area contributed by atoms with Crippen LogP contribution in [0.25, 0.3) is 0 Å². The van der Waals surface area contributed by atoms with Gasteiger partial charge in [0.15, 0.2) is 5.15 Å². The van der Waals surface area contributed by atoms with Gasteiger partial charge in [0.2, 0.25) is 0 Å². The van der Waals surface area contributed by atoms with Gasteiger partial charge in [-0.25, -0.2) is 4.68 Å². The van der Waals surface area contributed by atoms with Crippen molar-refractivity contribution >= 4 is 17.3 Å². The van der Waals surface area contributed by atoms with Crippen molar-refractivity contribution in [1.29, 1.82) is 0 Å². The molecule has 0 bridgehead atoms. The van der Waals surface area contributed by atoms with E-state index in [2.05, 4.69) is 10.4 Å². The first kappa shape index (κ1) is 11.7. The molecule has 0 aliphatic carbocycles. The van der Waals surface area contributed by atoms with E-state index in [0.717, 1.165) is 5.56 Å². The molecule has 0 aliphatic heterocycles. The third-order valence-corrected chi connectivity index (χ3v) is 2.65. The predicted molar refractivity (Wildman–Crippen MR) is 68.3 cm³/mol. The van der Waals surface area contributed by atoms with Crippen LogP contribution in [0.5, 0.6) is 0 Å². The van der Waals surface area contributed by atoms with Gasteiger partial charge >= 0.3 is 0 Å². The number of halogens is 1. The first-order chi connectivity index (χ1) is 8.16. The van der Waals surface area contributed by atoms with Crippen LogP contribution in [0.2, 0.25) is 5.15 Å². The van der Waals surface area contributed by atoms with Crippen LogP contribution in [0.1, 0.15) is 5.56 Å². The Kier molecular flexibility index (Phi) is 3.44. The summed E-state index contributed by atoms with van der Waals surface area (Å²) in [7, 11) is 1.56. The molecular formula is C12H12ClN3O. The minimum absolute atomic E-state index is 0.190. The molecule has 17 heavy (non-hydrogen) atoms. The minimum atomic E-state index is -0.190. The average Bonchev–Trinajstić information content (AvgIpc) is 2.33. The fraction of sp³-hybridized carbons (Fsp3) is 0.167. The van der Waals surface area contributed by atoms with Gasteiger partial charge in [0.05, 0.1) is 5.69 Å². The van der Waals surface area contributed by atoms with Gasteiger partial charge in [-0.2, -0.15) is 5.10 Å². The number of nitrogens with zero attached hydrogens (tertiary/aromatic N) is 2. The van der Waals surface area contributed by atoms with Crippen LogP contribution in [0.15, 0.2) is 41.2 Å². The lowest BCUT2D eigenvalue weighted by molar-refractivity contribution is 0.708. The lowest BCUT2D eigenvalue weighted by Gasteiger charge is -2.08. The summed E-state index contributed by atoms with van der Waals surface area (Å²) in [5.74, 6) is 0. The number of hydrogen-bond acceptors (Lipinski definition) is 3. The summed E-state index contributed by atoms with van der Waals surface area (Å²) in [6.45, 7) is 0.607. The Hall–Kier alpha value is -1.81. The van der Waals surface area contributed by atoms with Crippen LogP contribution in [-0.4, -0.2) is 9.78 Å². The van der Waals surface area contributed by atoms with Crippen LogP contribution in [0.3, 0.4) is 0 Å². The average molecular weight is 250 g/mol. The van der Waals surface area contributed by atoms with Gasteiger partial charge in [-0.3, -0.25) is 4.79 Å². The van der Waals surface area contributed by atoms with Crippen LogP contribution < -0.4 is 10.9 Å². The quantitative estimate of drug-likeness (QED) is 0.906. The number of anilines is 1. The summed E-state index contributed by atoms with van der Waals surface area (Å²) in [6.07, 6.45) is 0. The minimum Gasteiger partial charge on any atom is -0.378 e. The Bertz CT molecular complexity index is 566. The van der Waals surface area contributed by atoms with E-state index in [1.165, 1.54) is 10.7 Å². The molecule has 0 aliphatic rings. The summed E-state index contributed by atoms with van der Waals surface area (Å²) >= 11 is 5.93. The molecule has 0 amide bonds. The Balaban J connectivity index is 2.15. The fourth-order valence-electron chi connectivity index (χ4n) is 1.43. The van der Waals surface area contributed by atoms with E-state index < -0.39 is 0 Å². The molecule has 88 valence electrons. The highest BCUT2D eigenvalue weighted by Crippen LogP contribution is 2.16. The molecule has 4 nitrogen and oxygen atoms in total. The topological polar surface area (TPSA) is 46.9 Å². The Labute approximate surface area is 104 Å². The third kappa shape index (κ3) is 2.85. The molecule has 1 aromatic heterocycles. The molecule has 0 spiro atoms. The first-order valence-electron chi connectivity index (χ1n) is 5.18. The van der Waals surface area contributed by atoms with Crippen molar-refractivity contribution in [3.8, 4) is 0 Å². The second kappa shape index (κ2) is 5.01. The number of hydrogen-bond donors (Lipinski definition) is 1. The van der Waals surface area contributed by atoms with Gasteiger partial charge in [-0.1, -0.05) is 41.9 Å². The lowest BCUT2D eigenvalue weighted by Crippen LogP contribution is -2.19. The van der Waals surface area contributed by atoms with Crippen molar-refractivity contribution in [3.05, 3.63) is 57.5 Å². The molecule has 2 rings (SSSR count). The van der Waals surface area contributed by atoms with Gasteiger partial charge in [0.25, 0.3) is 5.56 Å². The molecule has 0 unspecified atom stereocenters. The van der Waals surface area contributed by atoms with Crippen molar-refractivity contribution in [1.82, 2.24) is 9.78 Å². The van der Waals surface area contributed by atoms with E-state index in [1.54, 1.807) is 7.05 Å². The van der Waals surface area contributed by atoms with E-state index in [1.807, 2.05) is 30.3 Å². The highest BCUT2D eigenvalue weighted by Gasteiger charge is 2.04. The van der Waals surface area contributed by atoms with Crippen molar-refractivity contribution in [2.75, 3.05) is 5.32 Å². The standard InChI is InChI=1S/C12H12ClN3O/c1-16-11(17)7-10(12(13)15-16)14-8-9-5-3-2-4-6-9/h2-7,14H,8H2,1H3. The van der Waals surface area contributed by atoms with E-state index in [9.17, 15) is 4.79 Å². The van der Waals surface area contributed by atoms with Crippen LogP contribution in [0.4, 0.5) is 5.69 Å². The van der Waals surface area contributed by atoms with Crippen LogP contribution >= 0.6 is 11.6 Å². The third-order valence-electron chi connectivity index (χ3n) is 2.37. The first-order valence-corrected chi connectivity index (χ1v) is 5.56. The van der Waals surface area contributed by atoms with Crippen LogP contribution in [-0.2, 0) is 13.6 Å². The van der Waals surface area contributed by atoms with Gasteiger partial charge in [0, 0.05) is 19.7 Å². The number of nitrogens with one attached hydrogen (secondary N) is 1. The second-order valence-electron chi connectivity index (χ2n) is 3.65. The maximum Gasteiger partial charge on any atom is 0.268 e. The molecule has 0 saturated carbocycles. The molecule has 2 aromatic rings. The normalized spacial score (nSPS) is 10.2. The molecule has 1 heterocycles. The predicted octanol–water partition coefficient (Wildman–Crippen LogP) is 2.05. The molecular weight excluding hydrogens is 238 g/mol. The van der Waals surface area contributed by atoms with Gasteiger partial charge in [0.1, 0.15) is 0 Å². The SMILES string of the molecule is Cn1nc(Cl)c(NCc2ccccc2)cc1=O. The van der Waals surface area contributed by atoms with Crippen molar-refractivity contribution in [2.45, 2.75) is 6.54 Å². The van der Waals surface area contributed by atoms with Crippen molar-refractivity contribution < 1.29 is 0 Å². The Morgan fingerprint density at radius 1 is 1.35 bits per heavy atom. The molecule has 0 radical (unpaired) electrons. The summed E-state index contributed by atoms with van der Waals surface area (Å²) in [5, 5.41) is 7.28. The van der Waals surface area contributed by atoms with E-state index >= 15 is 0 Å². The summed E-state index contributed by atoms with van der Waals surface area (Å²) in [6, 6.07) is 11.3.